The molecule has 1 rings (SSSR count). The summed E-state index contributed by atoms with van der Waals surface area (Å²) < 4.78 is 10.3. The van der Waals surface area contributed by atoms with Crippen LogP contribution in [0.2, 0.25) is 0 Å². The standard InChI is InChI=1S/C15H19NO4S/c1-11(17)16-8-9-21-15(18)7-5-12-4-6-13(19-2)14(10-12)20-3/h4-7,10H,8-9H2,1-3H3,(H,16,17)/b7-5+. The van der Waals surface area contributed by atoms with E-state index in [0.717, 1.165) is 17.3 Å². The van der Waals surface area contributed by atoms with E-state index in [1.54, 1.807) is 32.4 Å². The van der Waals surface area contributed by atoms with Crippen LogP contribution in [0.25, 0.3) is 6.08 Å². The number of hydrogen-bond donors (Lipinski definition) is 1. The molecule has 1 N–H and O–H groups in total. The van der Waals surface area contributed by atoms with Crippen LogP contribution >= 0.6 is 11.8 Å². The van der Waals surface area contributed by atoms with Crippen LogP contribution < -0.4 is 14.8 Å². The topological polar surface area (TPSA) is 64.6 Å². The maximum Gasteiger partial charge on any atom is 0.216 e. The molecule has 0 fully saturated rings. The van der Waals surface area contributed by atoms with E-state index in [2.05, 4.69) is 5.32 Å². The lowest BCUT2D eigenvalue weighted by Crippen LogP contribution is -2.22. The average molecular weight is 309 g/mol. The Kier molecular flexibility index (Phi) is 7.39. The Balaban J connectivity index is 2.52. The van der Waals surface area contributed by atoms with Gasteiger partial charge in [0.25, 0.3) is 0 Å². The van der Waals surface area contributed by atoms with Crippen LogP contribution in [-0.2, 0) is 9.59 Å². The fourth-order valence-electron chi connectivity index (χ4n) is 1.55. The van der Waals surface area contributed by atoms with Gasteiger partial charge in [-0.25, -0.2) is 0 Å². The predicted molar refractivity (Wildman–Crippen MR) is 84.7 cm³/mol. The first kappa shape index (κ1) is 17.1. The van der Waals surface area contributed by atoms with Gasteiger partial charge in [0.2, 0.25) is 11.0 Å². The van der Waals surface area contributed by atoms with Crippen molar-refractivity contribution >= 4 is 28.9 Å². The number of methoxy groups -OCH3 is 2. The molecule has 0 heterocycles. The number of rotatable bonds is 7. The first-order valence-electron chi connectivity index (χ1n) is 6.38. The van der Waals surface area contributed by atoms with Gasteiger partial charge in [-0.1, -0.05) is 23.9 Å². The van der Waals surface area contributed by atoms with Crippen molar-refractivity contribution in [1.82, 2.24) is 5.32 Å². The number of benzene rings is 1. The zero-order valence-corrected chi connectivity index (χ0v) is 13.2. The summed E-state index contributed by atoms with van der Waals surface area (Å²) in [5.74, 6) is 1.72. The molecule has 0 spiro atoms. The maximum absolute atomic E-state index is 11.6. The summed E-state index contributed by atoms with van der Waals surface area (Å²) in [5, 5.41) is 2.58. The van der Waals surface area contributed by atoms with E-state index in [1.807, 2.05) is 6.07 Å². The van der Waals surface area contributed by atoms with Gasteiger partial charge in [-0.2, -0.15) is 0 Å². The van der Waals surface area contributed by atoms with Crippen molar-refractivity contribution in [2.75, 3.05) is 26.5 Å². The Bertz CT molecular complexity index is 528. The van der Waals surface area contributed by atoms with Gasteiger partial charge >= 0.3 is 0 Å². The summed E-state index contributed by atoms with van der Waals surface area (Å²) in [6, 6.07) is 5.42. The van der Waals surface area contributed by atoms with E-state index < -0.39 is 0 Å². The number of carbonyl (C=O) groups is 2. The summed E-state index contributed by atoms with van der Waals surface area (Å²) in [6.07, 6.45) is 3.22. The van der Waals surface area contributed by atoms with Crippen LogP contribution in [0.4, 0.5) is 0 Å². The van der Waals surface area contributed by atoms with Crippen molar-refractivity contribution in [2.24, 2.45) is 0 Å². The SMILES string of the molecule is COc1ccc(/C=C/C(=O)SCCNC(C)=O)cc1OC. The van der Waals surface area contributed by atoms with Gasteiger partial charge in [-0.15, -0.1) is 0 Å². The van der Waals surface area contributed by atoms with E-state index in [0.29, 0.717) is 23.8 Å². The van der Waals surface area contributed by atoms with Crippen LogP contribution in [0.5, 0.6) is 11.5 Å². The number of ether oxygens (including phenoxy) is 2. The van der Waals surface area contributed by atoms with Gasteiger partial charge in [0.05, 0.1) is 14.2 Å². The third-order valence-electron chi connectivity index (χ3n) is 2.54. The zero-order valence-electron chi connectivity index (χ0n) is 12.3. The van der Waals surface area contributed by atoms with E-state index in [4.69, 9.17) is 9.47 Å². The molecule has 6 heteroatoms. The Morgan fingerprint density at radius 3 is 2.57 bits per heavy atom. The molecule has 114 valence electrons. The Labute approximate surface area is 128 Å². The van der Waals surface area contributed by atoms with Crippen LogP contribution in [0.1, 0.15) is 12.5 Å². The molecule has 0 saturated carbocycles. The van der Waals surface area contributed by atoms with E-state index in [-0.39, 0.29) is 11.0 Å². The van der Waals surface area contributed by atoms with Crippen LogP contribution in [0.3, 0.4) is 0 Å². The summed E-state index contributed by atoms with van der Waals surface area (Å²) in [4.78, 5) is 22.3. The molecule has 0 radical (unpaired) electrons. The number of hydrogen-bond acceptors (Lipinski definition) is 5. The van der Waals surface area contributed by atoms with Gasteiger partial charge in [-0.3, -0.25) is 9.59 Å². The molecular formula is C15H19NO4S. The molecular weight excluding hydrogens is 290 g/mol. The second-order valence-electron chi connectivity index (χ2n) is 4.10. The van der Waals surface area contributed by atoms with Crippen molar-refractivity contribution in [3.63, 3.8) is 0 Å². The predicted octanol–water partition coefficient (Wildman–Crippen LogP) is 2.11. The molecule has 0 aliphatic heterocycles. The summed E-state index contributed by atoms with van der Waals surface area (Å²) in [5.41, 5.74) is 0.850. The maximum atomic E-state index is 11.6. The number of amides is 1. The molecule has 0 aliphatic rings. The van der Waals surface area contributed by atoms with Gasteiger partial charge in [0, 0.05) is 19.2 Å². The highest BCUT2D eigenvalue weighted by molar-refractivity contribution is 8.14. The van der Waals surface area contributed by atoms with E-state index in [1.165, 1.54) is 13.0 Å². The molecule has 0 aromatic heterocycles. The average Bonchev–Trinajstić information content (AvgIpc) is 2.48. The smallest absolute Gasteiger partial charge is 0.216 e. The number of carbonyl (C=O) groups excluding carboxylic acids is 2. The minimum absolute atomic E-state index is 0.0601. The van der Waals surface area contributed by atoms with Crippen LogP contribution in [-0.4, -0.2) is 37.5 Å². The second-order valence-corrected chi connectivity index (χ2v) is 5.20. The fraction of sp³-hybridized carbons (Fsp3) is 0.333. The highest BCUT2D eigenvalue weighted by atomic mass is 32.2. The number of thioether (sulfide) groups is 1. The van der Waals surface area contributed by atoms with Crippen molar-refractivity contribution in [3.05, 3.63) is 29.8 Å². The summed E-state index contributed by atoms with van der Waals surface area (Å²) in [6.45, 7) is 1.93. The quantitative estimate of drug-likeness (QED) is 0.617. The van der Waals surface area contributed by atoms with Crippen molar-refractivity contribution in [3.8, 4) is 11.5 Å². The van der Waals surface area contributed by atoms with E-state index in [9.17, 15) is 9.59 Å². The van der Waals surface area contributed by atoms with Crippen molar-refractivity contribution in [2.45, 2.75) is 6.92 Å². The van der Waals surface area contributed by atoms with Crippen molar-refractivity contribution in [1.29, 1.82) is 0 Å². The van der Waals surface area contributed by atoms with Gasteiger partial charge in [0.1, 0.15) is 0 Å². The van der Waals surface area contributed by atoms with Crippen LogP contribution in [0, 0.1) is 0 Å². The zero-order chi connectivity index (χ0) is 15.7. The third kappa shape index (κ3) is 6.35. The van der Waals surface area contributed by atoms with E-state index >= 15 is 0 Å². The fourth-order valence-corrected chi connectivity index (χ4v) is 2.12. The minimum atomic E-state index is -0.0936. The van der Waals surface area contributed by atoms with Crippen molar-refractivity contribution < 1.29 is 19.1 Å². The lowest BCUT2D eigenvalue weighted by atomic mass is 10.2. The molecule has 0 bridgehead atoms. The van der Waals surface area contributed by atoms with Gasteiger partial charge in [-0.05, 0) is 23.8 Å². The molecule has 5 nitrogen and oxygen atoms in total. The largest absolute Gasteiger partial charge is 0.493 e. The summed E-state index contributed by atoms with van der Waals surface area (Å²) >= 11 is 1.16. The van der Waals surface area contributed by atoms with Gasteiger partial charge in [0.15, 0.2) is 11.5 Å². The molecule has 0 atom stereocenters. The Morgan fingerprint density at radius 1 is 1.24 bits per heavy atom. The monoisotopic (exact) mass is 309 g/mol. The number of nitrogens with one attached hydrogen (secondary N) is 1. The highest BCUT2D eigenvalue weighted by Gasteiger charge is 2.03. The first-order valence-corrected chi connectivity index (χ1v) is 7.36. The first-order chi connectivity index (χ1) is 10.1. The molecule has 0 aliphatic carbocycles. The molecule has 0 unspecified atom stereocenters. The molecule has 1 amide bonds. The lowest BCUT2D eigenvalue weighted by molar-refractivity contribution is -0.118. The molecule has 1 aromatic rings. The molecule has 0 saturated heterocycles. The molecule has 21 heavy (non-hydrogen) atoms. The second kappa shape index (κ2) is 9.07. The Hall–Kier alpha value is -1.95. The van der Waals surface area contributed by atoms with Crippen LogP contribution in [0.15, 0.2) is 24.3 Å². The Morgan fingerprint density at radius 2 is 1.95 bits per heavy atom. The third-order valence-corrected chi connectivity index (χ3v) is 3.37. The minimum Gasteiger partial charge on any atom is -0.493 e. The van der Waals surface area contributed by atoms with Gasteiger partial charge < -0.3 is 14.8 Å². The highest BCUT2D eigenvalue weighted by Crippen LogP contribution is 2.28. The summed E-state index contributed by atoms with van der Waals surface area (Å²) in [7, 11) is 3.14. The lowest BCUT2D eigenvalue weighted by Gasteiger charge is -2.07. The normalized spacial score (nSPS) is 10.4. The molecule has 1 aromatic carbocycles.